The quantitative estimate of drug-likeness (QED) is 0.379. The lowest BCUT2D eigenvalue weighted by Crippen LogP contribution is -2.35. The van der Waals surface area contributed by atoms with Crippen LogP contribution in [0.3, 0.4) is 0 Å². The van der Waals surface area contributed by atoms with E-state index < -0.39 is 5.97 Å². The predicted molar refractivity (Wildman–Crippen MR) is 56.0 cm³/mol. The van der Waals surface area contributed by atoms with Gasteiger partial charge in [-0.3, -0.25) is 0 Å². The molecule has 0 aliphatic heterocycles. The summed E-state index contributed by atoms with van der Waals surface area (Å²) in [4.78, 5) is 0. The minimum absolute atomic E-state index is 0.767. The number of ether oxygens (including phenoxy) is 3. The number of hydrogen-bond acceptors (Lipinski definition) is 3. The molecular formula is C9H19BrO3. The van der Waals surface area contributed by atoms with Gasteiger partial charge in [0.1, 0.15) is 0 Å². The summed E-state index contributed by atoms with van der Waals surface area (Å²) >= 11 is 3.39. The molecule has 13 heavy (non-hydrogen) atoms. The third-order valence-electron chi connectivity index (χ3n) is 2.05. The zero-order chi connectivity index (χ0) is 10.2. The van der Waals surface area contributed by atoms with Gasteiger partial charge in [-0.2, -0.15) is 0 Å². The fourth-order valence-electron chi connectivity index (χ4n) is 1.17. The van der Waals surface area contributed by atoms with Crippen molar-refractivity contribution in [2.45, 2.75) is 31.7 Å². The molecule has 4 heteroatoms. The van der Waals surface area contributed by atoms with E-state index in [0.717, 1.165) is 24.6 Å². The van der Waals surface area contributed by atoms with Crippen molar-refractivity contribution in [3.8, 4) is 0 Å². The van der Waals surface area contributed by atoms with Crippen LogP contribution in [0.4, 0.5) is 0 Å². The van der Waals surface area contributed by atoms with E-state index in [1.807, 2.05) is 0 Å². The van der Waals surface area contributed by atoms with E-state index >= 15 is 0 Å². The van der Waals surface area contributed by atoms with Crippen LogP contribution in [0.1, 0.15) is 25.7 Å². The van der Waals surface area contributed by atoms with Crippen LogP contribution in [0.25, 0.3) is 0 Å². The Bertz CT molecular complexity index is 107. The van der Waals surface area contributed by atoms with Gasteiger partial charge in [-0.1, -0.05) is 22.4 Å². The highest BCUT2D eigenvalue weighted by molar-refractivity contribution is 9.09. The number of methoxy groups -OCH3 is 3. The molecule has 80 valence electrons. The molecular weight excluding hydrogens is 236 g/mol. The number of halogens is 1. The van der Waals surface area contributed by atoms with E-state index in [0.29, 0.717) is 0 Å². The number of unbranched alkanes of at least 4 members (excludes halogenated alkanes) is 2. The van der Waals surface area contributed by atoms with Crippen LogP contribution in [-0.2, 0) is 14.2 Å². The Morgan fingerprint density at radius 1 is 0.923 bits per heavy atom. The third-order valence-corrected chi connectivity index (χ3v) is 2.61. The first-order valence-electron chi connectivity index (χ1n) is 4.46. The van der Waals surface area contributed by atoms with E-state index in [-0.39, 0.29) is 0 Å². The Kier molecular flexibility index (Phi) is 7.95. The molecule has 0 spiro atoms. The van der Waals surface area contributed by atoms with E-state index in [2.05, 4.69) is 15.9 Å². The molecule has 0 heterocycles. The molecule has 0 aliphatic carbocycles. The monoisotopic (exact) mass is 254 g/mol. The fraction of sp³-hybridized carbons (Fsp3) is 1.00. The lowest BCUT2D eigenvalue weighted by atomic mass is 10.2. The number of hydrogen-bond donors (Lipinski definition) is 0. The van der Waals surface area contributed by atoms with Crippen LogP contribution in [0.5, 0.6) is 0 Å². The Hall–Kier alpha value is 0.360. The van der Waals surface area contributed by atoms with Crippen molar-refractivity contribution in [3.05, 3.63) is 0 Å². The first kappa shape index (κ1) is 13.4. The highest BCUT2D eigenvalue weighted by Crippen LogP contribution is 2.20. The molecule has 0 saturated heterocycles. The molecule has 0 unspecified atom stereocenters. The normalized spacial score (nSPS) is 12.0. The van der Waals surface area contributed by atoms with Crippen LogP contribution >= 0.6 is 15.9 Å². The van der Waals surface area contributed by atoms with Crippen LogP contribution in [0.2, 0.25) is 0 Å². The van der Waals surface area contributed by atoms with Gasteiger partial charge in [0, 0.05) is 33.1 Å². The van der Waals surface area contributed by atoms with Crippen LogP contribution in [-0.4, -0.2) is 32.6 Å². The lowest BCUT2D eigenvalue weighted by molar-refractivity contribution is -0.355. The molecule has 0 N–H and O–H groups in total. The average Bonchev–Trinajstić information content (AvgIpc) is 2.20. The largest absolute Gasteiger partial charge is 0.331 e. The summed E-state index contributed by atoms with van der Waals surface area (Å²) in [7, 11) is 4.78. The summed E-state index contributed by atoms with van der Waals surface area (Å²) in [5.41, 5.74) is 0. The second-order valence-electron chi connectivity index (χ2n) is 2.80. The Morgan fingerprint density at radius 2 is 1.46 bits per heavy atom. The average molecular weight is 255 g/mol. The van der Waals surface area contributed by atoms with Crippen LogP contribution in [0.15, 0.2) is 0 Å². The second kappa shape index (κ2) is 7.74. The van der Waals surface area contributed by atoms with Gasteiger partial charge < -0.3 is 14.2 Å². The van der Waals surface area contributed by atoms with E-state index in [4.69, 9.17) is 14.2 Å². The topological polar surface area (TPSA) is 27.7 Å². The molecule has 0 rings (SSSR count). The minimum Gasteiger partial charge on any atom is -0.331 e. The van der Waals surface area contributed by atoms with Crippen LogP contribution < -0.4 is 0 Å². The van der Waals surface area contributed by atoms with Crippen molar-refractivity contribution >= 4 is 15.9 Å². The lowest BCUT2D eigenvalue weighted by Gasteiger charge is -2.28. The maximum Gasteiger partial charge on any atom is 0.282 e. The van der Waals surface area contributed by atoms with Crippen molar-refractivity contribution in [1.82, 2.24) is 0 Å². The molecule has 0 aromatic carbocycles. The highest BCUT2D eigenvalue weighted by atomic mass is 79.9. The van der Waals surface area contributed by atoms with Gasteiger partial charge in [0.05, 0.1) is 0 Å². The maximum absolute atomic E-state index is 5.16. The molecule has 0 aromatic rings. The van der Waals surface area contributed by atoms with Gasteiger partial charge in [-0.15, -0.1) is 0 Å². The van der Waals surface area contributed by atoms with Gasteiger partial charge in [-0.25, -0.2) is 0 Å². The zero-order valence-electron chi connectivity index (χ0n) is 8.64. The first-order valence-corrected chi connectivity index (χ1v) is 5.58. The summed E-state index contributed by atoms with van der Waals surface area (Å²) in [6.45, 7) is 0. The number of rotatable bonds is 8. The summed E-state index contributed by atoms with van der Waals surface area (Å²) in [6.07, 6.45) is 4.14. The van der Waals surface area contributed by atoms with E-state index in [9.17, 15) is 0 Å². The highest BCUT2D eigenvalue weighted by Gasteiger charge is 2.28. The van der Waals surface area contributed by atoms with Gasteiger partial charge >= 0.3 is 0 Å². The smallest absolute Gasteiger partial charge is 0.282 e. The molecule has 0 aliphatic rings. The van der Waals surface area contributed by atoms with Crippen molar-refractivity contribution in [2.75, 3.05) is 26.7 Å². The molecule has 0 saturated carbocycles. The van der Waals surface area contributed by atoms with Gasteiger partial charge in [0.25, 0.3) is 5.97 Å². The molecule has 0 bridgehead atoms. The van der Waals surface area contributed by atoms with Gasteiger partial charge in [0.15, 0.2) is 0 Å². The zero-order valence-corrected chi connectivity index (χ0v) is 10.2. The molecule has 0 aromatic heterocycles. The molecule has 0 fully saturated rings. The van der Waals surface area contributed by atoms with Crippen LogP contribution in [0, 0.1) is 0 Å². The van der Waals surface area contributed by atoms with Crippen molar-refractivity contribution in [2.24, 2.45) is 0 Å². The number of alkyl halides is 1. The maximum atomic E-state index is 5.16. The van der Waals surface area contributed by atoms with E-state index in [1.54, 1.807) is 21.3 Å². The summed E-state index contributed by atoms with van der Waals surface area (Å²) in [6, 6.07) is 0. The molecule has 0 radical (unpaired) electrons. The summed E-state index contributed by atoms with van der Waals surface area (Å²) in [5.74, 6) is -0.841. The van der Waals surface area contributed by atoms with Crippen molar-refractivity contribution in [1.29, 1.82) is 0 Å². The standard InChI is InChI=1S/C9H19BrO3/c1-11-9(12-2,13-3)7-5-4-6-8-10/h4-8H2,1-3H3. The SMILES string of the molecule is COC(CCCCCBr)(OC)OC. The van der Waals surface area contributed by atoms with Crippen molar-refractivity contribution in [3.63, 3.8) is 0 Å². The fourth-order valence-corrected chi connectivity index (χ4v) is 1.57. The third kappa shape index (κ3) is 4.96. The Morgan fingerprint density at radius 3 is 1.85 bits per heavy atom. The summed E-state index contributed by atoms with van der Waals surface area (Å²) in [5, 5.41) is 1.05. The van der Waals surface area contributed by atoms with Gasteiger partial charge in [0.2, 0.25) is 0 Å². The molecule has 0 atom stereocenters. The van der Waals surface area contributed by atoms with Gasteiger partial charge in [-0.05, 0) is 12.8 Å². The summed E-state index contributed by atoms with van der Waals surface area (Å²) < 4.78 is 15.5. The predicted octanol–water partition coefficient (Wildman–Crippen LogP) is 2.53. The van der Waals surface area contributed by atoms with E-state index in [1.165, 1.54) is 6.42 Å². The molecule has 3 nitrogen and oxygen atoms in total. The minimum atomic E-state index is -0.841. The van der Waals surface area contributed by atoms with Crippen molar-refractivity contribution < 1.29 is 14.2 Å². The first-order chi connectivity index (χ1) is 6.24. The molecule has 0 amide bonds. The Labute approximate surface area is 88.9 Å². The second-order valence-corrected chi connectivity index (χ2v) is 3.59. The Balaban J connectivity index is 3.68.